The van der Waals surface area contributed by atoms with Gasteiger partial charge in [0.1, 0.15) is 12.4 Å². The molecule has 2 heterocycles. The van der Waals surface area contributed by atoms with Crippen LogP contribution in [0.1, 0.15) is 10.6 Å². The van der Waals surface area contributed by atoms with Crippen molar-refractivity contribution in [1.82, 2.24) is 15.5 Å². The highest BCUT2D eigenvalue weighted by atomic mass is 16.5. The molecule has 0 spiro atoms. The molecule has 0 unspecified atom stereocenters. The molecule has 6 heteroatoms. The summed E-state index contributed by atoms with van der Waals surface area (Å²) in [4.78, 5) is 15.3. The average molecular weight is 257 g/mol. The first-order valence-electron chi connectivity index (χ1n) is 5.53. The molecule has 0 saturated heterocycles. The van der Waals surface area contributed by atoms with Crippen molar-refractivity contribution in [3.8, 4) is 17.6 Å². The van der Waals surface area contributed by atoms with Crippen LogP contribution < -0.4 is 10.1 Å². The molecule has 2 aromatic heterocycles. The minimum atomic E-state index is -0.347. The highest BCUT2D eigenvalue weighted by Crippen LogP contribution is 2.04. The second-order valence-corrected chi connectivity index (χ2v) is 3.39. The number of ether oxygens (including phenoxy) is 1. The number of nitrogens with one attached hydrogen (secondary N) is 1. The van der Waals surface area contributed by atoms with Gasteiger partial charge >= 0.3 is 0 Å². The molecule has 2 rings (SSSR count). The summed E-state index contributed by atoms with van der Waals surface area (Å²) in [6, 6.07) is 5.05. The fraction of sp³-hybridized carbons (Fsp3) is 0.154. The van der Waals surface area contributed by atoms with Gasteiger partial charge in [-0.05, 0) is 12.1 Å². The van der Waals surface area contributed by atoms with E-state index < -0.39 is 0 Å². The van der Waals surface area contributed by atoms with Gasteiger partial charge in [0.25, 0.3) is 5.91 Å². The minimum Gasteiger partial charge on any atom is -0.479 e. The van der Waals surface area contributed by atoms with Crippen molar-refractivity contribution >= 4 is 5.91 Å². The minimum absolute atomic E-state index is 0.161. The van der Waals surface area contributed by atoms with E-state index in [1.54, 1.807) is 24.5 Å². The Balaban J connectivity index is 1.67. The highest BCUT2D eigenvalue weighted by molar-refractivity contribution is 5.91. The Morgan fingerprint density at radius 3 is 3.05 bits per heavy atom. The van der Waals surface area contributed by atoms with E-state index in [9.17, 15) is 4.79 Å². The Morgan fingerprint density at radius 2 is 2.32 bits per heavy atom. The number of aromatic nitrogens is 2. The zero-order valence-electron chi connectivity index (χ0n) is 10.00. The lowest BCUT2D eigenvalue weighted by Crippen LogP contribution is -2.23. The van der Waals surface area contributed by atoms with Crippen LogP contribution in [0, 0.1) is 11.8 Å². The molecule has 0 saturated carbocycles. The van der Waals surface area contributed by atoms with Crippen molar-refractivity contribution in [1.29, 1.82) is 0 Å². The fourth-order valence-corrected chi connectivity index (χ4v) is 1.21. The standard InChI is InChI=1S/C13H11N3O3/c17-13(12-5-8-16-19-12)15-7-1-2-9-18-11-4-3-6-14-10-11/h3-6,8,10H,7,9H2,(H,15,17). The highest BCUT2D eigenvalue weighted by Gasteiger charge is 2.06. The summed E-state index contributed by atoms with van der Waals surface area (Å²) in [6.45, 7) is 0.458. The van der Waals surface area contributed by atoms with Crippen LogP contribution in [0.5, 0.6) is 5.75 Å². The zero-order chi connectivity index (χ0) is 13.3. The van der Waals surface area contributed by atoms with Crippen LogP contribution in [-0.4, -0.2) is 29.2 Å². The van der Waals surface area contributed by atoms with E-state index >= 15 is 0 Å². The van der Waals surface area contributed by atoms with Crippen LogP contribution in [0.25, 0.3) is 0 Å². The molecule has 1 N–H and O–H groups in total. The van der Waals surface area contributed by atoms with Crippen molar-refractivity contribution in [2.45, 2.75) is 0 Å². The fourth-order valence-electron chi connectivity index (χ4n) is 1.21. The molecule has 0 aliphatic heterocycles. The van der Waals surface area contributed by atoms with Crippen molar-refractivity contribution in [2.24, 2.45) is 0 Å². The Hall–Kier alpha value is -2.81. The van der Waals surface area contributed by atoms with Gasteiger partial charge in [-0.15, -0.1) is 0 Å². The Kier molecular flexibility index (Phi) is 4.53. The molecule has 19 heavy (non-hydrogen) atoms. The monoisotopic (exact) mass is 257 g/mol. The number of carbonyl (C=O) groups is 1. The Labute approximate surface area is 109 Å². The van der Waals surface area contributed by atoms with E-state index in [1.807, 2.05) is 0 Å². The molecule has 0 bridgehead atoms. The molecule has 0 atom stereocenters. The van der Waals surface area contributed by atoms with Crippen LogP contribution in [-0.2, 0) is 0 Å². The summed E-state index contributed by atoms with van der Waals surface area (Å²) in [5.41, 5.74) is 0. The van der Waals surface area contributed by atoms with Gasteiger partial charge in [0.15, 0.2) is 0 Å². The van der Waals surface area contributed by atoms with Crippen molar-refractivity contribution in [2.75, 3.05) is 13.2 Å². The molecule has 2 aromatic rings. The number of hydrogen-bond donors (Lipinski definition) is 1. The summed E-state index contributed by atoms with van der Waals surface area (Å²) in [5, 5.41) is 6.01. The first kappa shape index (κ1) is 12.6. The van der Waals surface area contributed by atoms with E-state index in [0.717, 1.165) is 0 Å². The van der Waals surface area contributed by atoms with Gasteiger partial charge in [-0.3, -0.25) is 9.78 Å². The third-order valence-corrected chi connectivity index (χ3v) is 2.07. The van der Waals surface area contributed by atoms with Crippen molar-refractivity contribution in [3.05, 3.63) is 42.5 Å². The van der Waals surface area contributed by atoms with Gasteiger partial charge in [-0.25, -0.2) is 0 Å². The van der Waals surface area contributed by atoms with Gasteiger partial charge in [0, 0.05) is 12.3 Å². The van der Waals surface area contributed by atoms with Gasteiger partial charge in [0.05, 0.1) is 18.9 Å². The van der Waals surface area contributed by atoms with Crippen molar-refractivity contribution in [3.63, 3.8) is 0 Å². The molecule has 96 valence electrons. The van der Waals surface area contributed by atoms with Gasteiger partial charge in [-0.1, -0.05) is 17.0 Å². The number of hydrogen-bond acceptors (Lipinski definition) is 5. The molecular formula is C13H11N3O3. The molecule has 1 amide bonds. The van der Waals surface area contributed by atoms with Crippen molar-refractivity contribution < 1.29 is 14.1 Å². The normalized spacial score (nSPS) is 9.26. The van der Waals surface area contributed by atoms with E-state index in [1.165, 1.54) is 12.3 Å². The summed E-state index contributed by atoms with van der Waals surface area (Å²) < 4.78 is 10.00. The molecular weight excluding hydrogens is 246 g/mol. The third kappa shape index (κ3) is 4.16. The van der Waals surface area contributed by atoms with Crippen LogP contribution in [0.2, 0.25) is 0 Å². The van der Waals surface area contributed by atoms with E-state index in [4.69, 9.17) is 4.74 Å². The maximum absolute atomic E-state index is 11.4. The lowest BCUT2D eigenvalue weighted by molar-refractivity contribution is 0.0922. The van der Waals surface area contributed by atoms with Crippen LogP contribution in [0.15, 0.2) is 41.3 Å². The van der Waals surface area contributed by atoms with Crippen LogP contribution >= 0.6 is 0 Å². The molecule has 0 aliphatic carbocycles. The summed E-state index contributed by atoms with van der Waals surface area (Å²) >= 11 is 0. The number of nitrogens with zero attached hydrogens (tertiary/aromatic N) is 2. The van der Waals surface area contributed by atoms with E-state index in [-0.39, 0.29) is 24.8 Å². The molecule has 0 fully saturated rings. The largest absolute Gasteiger partial charge is 0.479 e. The van der Waals surface area contributed by atoms with Gasteiger partial charge < -0.3 is 14.6 Å². The second kappa shape index (κ2) is 6.81. The lowest BCUT2D eigenvalue weighted by atomic mass is 10.4. The number of carbonyl (C=O) groups excluding carboxylic acids is 1. The topological polar surface area (TPSA) is 77.2 Å². The van der Waals surface area contributed by atoms with Crippen LogP contribution in [0.4, 0.5) is 0 Å². The maximum Gasteiger partial charge on any atom is 0.290 e. The summed E-state index contributed by atoms with van der Waals surface area (Å²) in [5.74, 6) is 6.00. The summed E-state index contributed by atoms with van der Waals surface area (Å²) in [7, 11) is 0. The zero-order valence-corrected chi connectivity index (χ0v) is 10.00. The second-order valence-electron chi connectivity index (χ2n) is 3.39. The molecule has 0 radical (unpaired) electrons. The molecule has 0 aliphatic rings. The Morgan fingerprint density at radius 1 is 1.37 bits per heavy atom. The third-order valence-electron chi connectivity index (χ3n) is 2.07. The SMILES string of the molecule is O=C(NCC#CCOc1cccnc1)c1ccno1. The first-order chi connectivity index (χ1) is 9.36. The predicted octanol–water partition coefficient (Wildman–Crippen LogP) is 0.882. The number of amides is 1. The average Bonchev–Trinajstić information content (AvgIpc) is 2.98. The van der Waals surface area contributed by atoms with Gasteiger partial charge in [0.2, 0.25) is 5.76 Å². The Bertz CT molecular complexity index is 570. The van der Waals surface area contributed by atoms with Gasteiger partial charge in [-0.2, -0.15) is 0 Å². The lowest BCUT2D eigenvalue weighted by Gasteiger charge is -1.99. The number of pyridine rings is 1. The quantitative estimate of drug-likeness (QED) is 0.823. The smallest absolute Gasteiger partial charge is 0.290 e. The summed E-state index contributed by atoms with van der Waals surface area (Å²) in [6.07, 6.45) is 4.67. The van der Waals surface area contributed by atoms with E-state index in [0.29, 0.717) is 5.75 Å². The van der Waals surface area contributed by atoms with Crippen LogP contribution in [0.3, 0.4) is 0 Å². The van der Waals surface area contributed by atoms with E-state index in [2.05, 4.69) is 31.8 Å². The number of rotatable bonds is 4. The first-order valence-corrected chi connectivity index (χ1v) is 5.53. The predicted molar refractivity (Wildman–Crippen MR) is 66.3 cm³/mol. The molecule has 0 aromatic carbocycles. The maximum atomic E-state index is 11.4. The molecule has 6 nitrogen and oxygen atoms in total.